The first-order chi connectivity index (χ1) is 13.7. The van der Waals surface area contributed by atoms with Crippen molar-refractivity contribution < 1.29 is 14.3 Å². The molecular formula is C24H33NO3. The molecule has 28 heavy (non-hydrogen) atoms. The molecule has 0 spiro atoms. The number of carbonyl (C=O) groups excluding carboxylic acids is 1. The van der Waals surface area contributed by atoms with Gasteiger partial charge in [-0.3, -0.25) is 4.79 Å². The highest BCUT2D eigenvalue weighted by Crippen LogP contribution is 2.18. The average Bonchev–Trinajstić information content (AvgIpc) is 2.73. The summed E-state index contributed by atoms with van der Waals surface area (Å²) in [5.74, 6) is 1.50. The average molecular weight is 384 g/mol. The van der Waals surface area contributed by atoms with Crippen LogP contribution in [-0.4, -0.2) is 19.1 Å². The van der Waals surface area contributed by atoms with Crippen LogP contribution in [0.15, 0.2) is 48.5 Å². The van der Waals surface area contributed by atoms with Gasteiger partial charge in [-0.05, 0) is 61.4 Å². The Bertz CT molecular complexity index is 680. The molecular weight excluding hydrogens is 350 g/mol. The van der Waals surface area contributed by atoms with Crippen LogP contribution in [0, 0.1) is 0 Å². The Labute approximate surface area is 169 Å². The molecule has 0 heterocycles. The third-order valence-corrected chi connectivity index (χ3v) is 4.51. The number of hydrogen-bond acceptors (Lipinski definition) is 3. The van der Waals surface area contributed by atoms with Gasteiger partial charge in [-0.2, -0.15) is 0 Å². The second kappa shape index (κ2) is 12.8. The Balaban J connectivity index is 1.77. The second-order valence-electron chi connectivity index (χ2n) is 6.97. The van der Waals surface area contributed by atoms with E-state index < -0.39 is 0 Å². The number of carbonyl (C=O) groups is 1. The van der Waals surface area contributed by atoms with Crippen LogP contribution in [0.25, 0.3) is 0 Å². The van der Waals surface area contributed by atoms with Crippen molar-refractivity contribution >= 4 is 11.6 Å². The summed E-state index contributed by atoms with van der Waals surface area (Å²) >= 11 is 0. The van der Waals surface area contributed by atoms with Gasteiger partial charge in [-0.1, -0.05) is 46.0 Å². The van der Waals surface area contributed by atoms with Crippen LogP contribution >= 0.6 is 0 Å². The van der Waals surface area contributed by atoms with Gasteiger partial charge in [-0.15, -0.1) is 0 Å². The highest BCUT2D eigenvalue weighted by atomic mass is 16.5. The molecule has 2 aromatic carbocycles. The largest absolute Gasteiger partial charge is 0.494 e. The van der Waals surface area contributed by atoms with E-state index in [1.165, 1.54) is 32.1 Å². The van der Waals surface area contributed by atoms with E-state index in [0.29, 0.717) is 12.2 Å². The summed E-state index contributed by atoms with van der Waals surface area (Å²) in [6.45, 7) is 5.82. The molecule has 1 N–H and O–H groups in total. The number of amides is 1. The number of anilines is 1. The van der Waals surface area contributed by atoms with E-state index in [4.69, 9.17) is 9.47 Å². The van der Waals surface area contributed by atoms with Crippen molar-refractivity contribution in [2.24, 2.45) is 0 Å². The van der Waals surface area contributed by atoms with Crippen LogP contribution in [0.5, 0.6) is 11.5 Å². The lowest BCUT2D eigenvalue weighted by Gasteiger charge is -2.09. The molecule has 2 rings (SSSR count). The maximum absolute atomic E-state index is 12.4. The van der Waals surface area contributed by atoms with Gasteiger partial charge in [-0.25, -0.2) is 0 Å². The van der Waals surface area contributed by atoms with Crippen LogP contribution in [0.4, 0.5) is 5.69 Å². The predicted octanol–water partition coefficient (Wildman–Crippen LogP) is 6.47. The molecule has 0 aliphatic carbocycles. The Kier molecular flexibility index (Phi) is 9.98. The Morgan fingerprint density at radius 1 is 0.714 bits per heavy atom. The standard InChI is InChI=1S/C24H33NO3/c1-3-5-7-9-19-28-23-16-12-21(13-17-23)25-24(26)20-10-14-22(15-11-20)27-18-8-6-4-2/h10-17H,3-9,18-19H2,1-2H3,(H,25,26). The SMILES string of the molecule is CCCCCCOc1ccc(NC(=O)c2ccc(OCCCCC)cc2)cc1. The third kappa shape index (κ3) is 8.03. The summed E-state index contributed by atoms with van der Waals surface area (Å²) < 4.78 is 11.4. The van der Waals surface area contributed by atoms with Crippen LogP contribution in [-0.2, 0) is 0 Å². The minimum atomic E-state index is -0.134. The van der Waals surface area contributed by atoms with Crippen LogP contribution in [0.1, 0.15) is 69.2 Å². The van der Waals surface area contributed by atoms with Gasteiger partial charge >= 0.3 is 0 Å². The van der Waals surface area contributed by atoms with E-state index in [2.05, 4.69) is 19.2 Å². The molecule has 0 saturated carbocycles. The van der Waals surface area contributed by atoms with Crippen LogP contribution in [0.3, 0.4) is 0 Å². The van der Waals surface area contributed by atoms with Crippen LogP contribution in [0.2, 0.25) is 0 Å². The highest BCUT2D eigenvalue weighted by Gasteiger charge is 2.07. The molecule has 0 aromatic heterocycles. The lowest BCUT2D eigenvalue weighted by molar-refractivity contribution is 0.102. The lowest BCUT2D eigenvalue weighted by Crippen LogP contribution is -2.11. The van der Waals surface area contributed by atoms with Crippen molar-refractivity contribution in [3.63, 3.8) is 0 Å². The molecule has 4 heteroatoms. The maximum atomic E-state index is 12.4. The molecule has 0 unspecified atom stereocenters. The second-order valence-corrected chi connectivity index (χ2v) is 6.97. The van der Waals surface area contributed by atoms with E-state index in [-0.39, 0.29) is 5.91 Å². The number of rotatable bonds is 13. The first kappa shape index (κ1) is 21.8. The summed E-state index contributed by atoms with van der Waals surface area (Å²) in [6, 6.07) is 14.8. The first-order valence-electron chi connectivity index (χ1n) is 10.5. The minimum absolute atomic E-state index is 0.134. The maximum Gasteiger partial charge on any atom is 0.255 e. The van der Waals surface area contributed by atoms with Gasteiger partial charge in [0.05, 0.1) is 13.2 Å². The van der Waals surface area contributed by atoms with Gasteiger partial charge in [0.25, 0.3) is 5.91 Å². The molecule has 0 saturated heterocycles. The quantitative estimate of drug-likeness (QED) is 0.403. The first-order valence-corrected chi connectivity index (χ1v) is 10.5. The number of benzene rings is 2. The van der Waals surface area contributed by atoms with Crippen LogP contribution < -0.4 is 14.8 Å². The number of nitrogens with one attached hydrogen (secondary N) is 1. The zero-order valence-electron chi connectivity index (χ0n) is 17.2. The summed E-state index contributed by atoms with van der Waals surface area (Å²) in [5, 5.41) is 2.91. The fourth-order valence-corrected chi connectivity index (χ4v) is 2.80. The molecule has 0 aliphatic heterocycles. The summed E-state index contributed by atoms with van der Waals surface area (Å²) in [5.41, 5.74) is 1.36. The zero-order chi connectivity index (χ0) is 20.0. The normalized spacial score (nSPS) is 10.5. The van der Waals surface area contributed by atoms with Crippen molar-refractivity contribution in [2.75, 3.05) is 18.5 Å². The smallest absolute Gasteiger partial charge is 0.255 e. The topological polar surface area (TPSA) is 47.6 Å². The Morgan fingerprint density at radius 3 is 1.79 bits per heavy atom. The number of ether oxygens (including phenoxy) is 2. The molecule has 0 atom stereocenters. The highest BCUT2D eigenvalue weighted by molar-refractivity contribution is 6.04. The van der Waals surface area contributed by atoms with Gasteiger partial charge in [0, 0.05) is 11.3 Å². The van der Waals surface area contributed by atoms with Gasteiger partial charge in [0.2, 0.25) is 0 Å². The Morgan fingerprint density at radius 2 is 1.21 bits per heavy atom. The van der Waals surface area contributed by atoms with Crippen molar-refractivity contribution in [2.45, 2.75) is 58.8 Å². The molecule has 0 radical (unpaired) electrons. The molecule has 0 bridgehead atoms. The van der Waals surface area contributed by atoms with E-state index in [1.54, 1.807) is 12.1 Å². The fraction of sp³-hybridized carbons (Fsp3) is 0.458. The summed E-state index contributed by atoms with van der Waals surface area (Å²) in [7, 11) is 0. The zero-order valence-corrected chi connectivity index (χ0v) is 17.2. The minimum Gasteiger partial charge on any atom is -0.494 e. The summed E-state index contributed by atoms with van der Waals surface area (Å²) in [6.07, 6.45) is 8.15. The predicted molar refractivity (Wildman–Crippen MR) is 115 cm³/mol. The monoisotopic (exact) mass is 383 g/mol. The van der Waals surface area contributed by atoms with Gasteiger partial charge in [0.15, 0.2) is 0 Å². The molecule has 152 valence electrons. The molecule has 1 amide bonds. The number of hydrogen-bond donors (Lipinski definition) is 1. The molecule has 0 fully saturated rings. The van der Waals surface area contributed by atoms with E-state index >= 15 is 0 Å². The summed E-state index contributed by atoms with van der Waals surface area (Å²) in [4.78, 5) is 12.4. The van der Waals surface area contributed by atoms with Gasteiger partial charge < -0.3 is 14.8 Å². The molecule has 2 aromatic rings. The van der Waals surface area contributed by atoms with Crippen molar-refractivity contribution in [3.8, 4) is 11.5 Å². The van der Waals surface area contributed by atoms with Gasteiger partial charge in [0.1, 0.15) is 11.5 Å². The van der Waals surface area contributed by atoms with E-state index in [9.17, 15) is 4.79 Å². The Hall–Kier alpha value is -2.49. The number of unbranched alkanes of at least 4 members (excludes halogenated alkanes) is 5. The van der Waals surface area contributed by atoms with Crippen molar-refractivity contribution in [3.05, 3.63) is 54.1 Å². The van der Waals surface area contributed by atoms with Crippen molar-refractivity contribution in [1.29, 1.82) is 0 Å². The fourth-order valence-electron chi connectivity index (χ4n) is 2.80. The third-order valence-electron chi connectivity index (χ3n) is 4.51. The molecule has 0 aliphatic rings. The molecule has 4 nitrogen and oxygen atoms in total. The lowest BCUT2D eigenvalue weighted by atomic mass is 10.2. The van der Waals surface area contributed by atoms with E-state index in [1.807, 2.05) is 36.4 Å². The van der Waals surface area contributed by atoms with Crippen molar-refractivity contribution in [1.82, 2.24) is 0 Å². The van der Waals surface area contributed by atoms with E-state index in [0.717, 1.165) is 36.6 Å².